The Morgan fingerprint density at radius 3 is 1.60 bits per heavy atom. The van der Waals surface area contributed by atoms with Crippen molar-refractivity contribution >= 4 is 25.3 Å². The van der Waals surface area contributed by atoms with Gasteiger partial charge < -0.3 is 30.6 Å². The molecule has 1 nitrogen and oxygen atoms in total. The molecule has 0 atom stereocenters. The monoisotopic (exact) mass is 107 g/mol. The van der Waals surface area contributed by atoms with E-state index in [0.29, 0.717) is 11.8 Å². The maximum atomic E-state index is 4.47. The summed E-state index contributed by atoms with van der Waals surface area (Å²) < 4.78 is 0. The first-order valence-corrected chi connectivity index (χ1v) is 2.44. The van der Waals surface area contributed by atoms with E-state index in [0.717, 1.165) is 0 Å². The molecule has 0 spiro atoms. The van der Waals surface area contributed by atoms with Gasteiger partial charge in [-0.15, -0.1) is 11.8 Å². The highest BCUT2D eigenvalue weighted by atomic mass is 32.1. The highest BCUT2D eigenvalue weighted by Gasteiger charge is 1.44. The van der Waals surface area contributed by atoms with Crippen LogP contribution in [0.25, 0.3) is 0 Å². The van der Waals surface area contributed by atoms with Gasteiger partial charge in [-0.05, 0) is 0 Å². The molecule has 0 aliphatic rings. The molecule has 5 heavy (non-hydrogen) atoms. The Hall–Kier alpha value is 0.660. The molecule has 0 aliphatic heterocycles. The quantitative estimate of drug-likeness (QED) is 0.482. The van der Waals surface area contributed by atoms with Crippen LogP contribution in [0.1, 0.15) is 0 Å². The van der Waals surface area contributed by atoms with Gasteiger partial charge in [0.15, 0.2) is 0 Å². The van der Waals surface area contributed by atoms with Gasteiger partial charge >= 0.3 is 0 Å². The van der Waals surface area contributed by atoms with Gasteiger partial charge in [0.2, 0.25) is 0 Å². The number of rotatable bonds is 2. The molecule has 0 rings (SSSR count). The molecular weight excluding hydrogens is 102 g/mol. The summed E-state index contributed by atoms with van der Waals surface area (Å²) in [5.74, 6) is 1.15. The van der Waals surface area contributed by atoms with E-state index >= 15 is 0 Å². The van der Waals surface area contributed by atoms with Crippen LogP contribution in [-0.2, 0) is 25.3 Å². The number of hydrogen-bond acceptors (Lipinski definition) is 3. The first-order chi connectivity index (χ1) is 2.41. The largest absolute Gasteiger partial charge is 0.778 e. The van der Waals surface area contributed by atoms with Crippen molar-refractivity contribution in [2.75, 3.05) is 11.8 Å². The maximum Gasteiger partial charge on any atom is -0.129 e. The molecule has 0 heterocycles. The number of hydrogen-bond donors (Lipinski definition) is 1. The first kappa shape index (κ1) is 5.66. The van der Waals surface area contributed by atoms with Crippen LogP contribution in [0.3, 0.4) is 0 Å². The fraction of sp³-hybridized carbons (Fsp3) is 1.00. The van der Waals surface area contributed by atoms with Crippen LogP contribution in [-0.4, -0.2) is 11.8 Å². The van der Waals surface area contributed by atoms with Crippen molar-refractivity contribution in [3.05, 3.63) is 0 Å². The van der Waals surface area contributed by atoms with Gasteiger partial charge in [0.25, 0.3) is 0 Å². The van der Waals surface area contributed by atoms with E-state index in [4.69, 9.17) is 0 Å². The Balaban J connectivity index is 2.19. The third-order valence-corrected chi connectivity index (χ3v) is 0.612. The summed E-state index contributed by atoms with van der Waals surface area (Å²) in [4.78, 5) is 0. The molecule has 0 saturated heterocycles. The van der Waals surface area contributed by atoms with E-state index < -0.39 is 0 Å². The molecule has 0 bridgehead atoms. The van der Waals surface area contributed by atoms with Crippen molar-refractivity contribution < 1.29 is 0 Å². The third kappa shape index (κ3) is 4.66. The molecule has 32 valence electrons. The fourth-order valence-electron chi connectivity index (χ4n) is 0.0417. The Kier molecular flexibility index (Phi) is 5.28. The van der Waals surface area contributed by atoms with Crippen LogP contribution in [0.2, 0.25) is 0 Å². The molecule has 0 aromatic heterocycles. The normalized spacial score (nSPS) is 8.40. The van der Waals surface area contributed by atoms with E-state index in [2.05, 4.69) is 30.6 Å². The fourth-order valence-corrected chi connectivity index (χ4v) is 0.375. The molecule has 3 heteroatoms. The van der Waals surface area contributed by atoms with Crippen LogP contribution in [0.15, 0.2) is 0 Å². The van der Waals surface area contributed by atoms with Crippen molar-refractivity contribution in [1.82, 2.24) is 5.32 Å². The lowest BCUT2D eigenvalue weighted by atomic mass is 11.2. The zero-order valence-electron chi connectivity index (χ0n) is 2.73. The average molecular weight is 107 g/mol. The van der Waals surface area contributed by atoms with Crippen molar-refractivity contribution in [3.8, 4) is 0 Å². The summed E-state index contributed by atoms with van der Waals surface area (Å²) in [5.41, 5.74) is 0. The molecule has 0 saturated carbocycles. The molecule has 0 amide bonds. The smallest absolute Gasteiger partial charge is 0.129 e. The predicted octanol–water partition coefficient (Wildman–Crippen LogP) is -0.415. The molecular formula is C2H5NS2-2. The summed E-state index contributed by atoms with van der Waals surface area (Å²) >= 11 is 8.95. The molecule has 0 aromatic rings. The maximum absolute atomic E-state index is 4.47. The van der Waals surface area contributed by atoms with Gasteiger partial charge in [-0.3, -0.25) is 0 Å². The summed E-state index contributed by atoms with van der Waals surface area (Å²) in [7, 11) is 0. The van der Waals surface area contributed by atoms with Gasteiger partial charge in [-0.1, -0.05) is 0 Å². The topological polar surface area (TPSA) is 12.0 Å². The molecule has 0 aromatic carbocycles. The van der Waals surface area contributed by atoms with E-state index in [9.17, 15) is 0 Å². The second-order valence-corrected chi connectivity index (χ2v) is 1.12. The van der Waals surface area contributed by atoms with Crippen molar-refractivity contribution in [1.29, 1.82) is 0 Å². The second kappa shape index (κ2) is 4.66. The van der Waals surface area contributed by atoms with Crippen LogP contribution in [0, 0.1) is 0 Å². The highest BCUT2D eigenvalue weighted by molar-refractivity contribution is 7.59. The minimum absolute atomic E-state index is 0.573. The van der Waals surface area contributed by atoms with Gasteiger partial charge in [-0.25, -0.2) is 0 Å². The minimum Gasteiger partial charge on any atom is -0.778 e. The zero-order valence-corrected chi connectivity index (χ0v) is 4.36. The molecule has 0 radical (unpaired) electrons. The standard InChI is InChI=1S/C2H7NS2/c4-1-3-2-5/h3-5H,1-2H2/p-2. The SMILES string of the molecule is [S-]CNC[S-]. The summed E-state index contributed by atoms with van der Waals surface area (Å²) in [6.45, 7) is 0. The van der Waals surface area contributed by atoms with Crippen LogP contribution < -0.4 is 5.32 Å². The molecule has 0 aliphatic carbocycles. The zero-order chi connectivity index (χ0) is 4.12. The lowest BCUT2D eigenvalue weighted by Crippen LogP contribution is -2.11. The number of nitrogens with one attached hydrogen (secondary N) is 1. The summed E-state index contributed by atoms with van der Waals surface area (Å²) in [5, 5.41) is 2.74. The predicted molar refractivity (Wildman–Crippen MR) is 27.6 cm³/mol. The van der Waals surface area contributed by atoms with E-state index in [1.165, 1.54) is 0 Å². The van der Waals surface area contributed by atoms with Gasteiger partial charge in [0.05, 0.1) is 0 Å². The lowest BCUT2D eigenvalue weighted by molar-refractivity contribution is 0.955. The Bertz CT molecular complexity index is 15.1. The molecule has 0 unspecified atom stereocenters. The van der Waals surface area contributed by atoms with Crippen LogP contribution >= 0.6 is 0 Å². The minimum atomic E-state index is 0.573. The average Bonchev–Trinajstić information content (AvgIpc) is 1.41. The van der Waals surface area contributed by atoms with E-state index in [1.54, 1.807) is 0 Å². The second-order valence-electron chi connectivity index (χ2n) is 0.539. The van der Waals surface area contributed by atoms with Crippen LogP contribution in [0.4, 0.5) is 0 Å². The van der Waals surface area contributed by atoms with Gasteiger partial charge in [-0.2, -0.15) is 0 Å². The summed E-state index contributed by atoms with van der Waals surface area (Å²) in [6, 6.07) is 0. The lowest BCUT2D eigenvalue weighted by Gasteiger charge is -2.07. The van der Waals surface area contributed by atoms with E-state index in [1.807, 2.05) is 0 Å². The molecule has 1 N–H and O–H groups in total. The Morgan fingerprint density at radius 2 is 1.60 bits per heavy atom. The summed E-state index contributed by atoms with van der Waals surface area (Å²) in [6.07, 6.45) is 0. The van der Waals surface area contributed by atoms with Gasteiger partial charge in [0.1, 0.15) is 0 Å². The van der Waals surface area contributed by atoms with Gasteiger partial charge in [0, 0.05) is 0 Å². The Labute approximate surface area is 43.0 Å². The van der Waals surface area contributed by atoms with Crippen molar-refractivity contribution in [2.45, 2.75) is 0 Å². The van der Waals surface area contributed by atoms with Crippen molar-refractivity contribution in [3.63, 3.8) is 0 Å². The van der Waals surface area contributed by atoms with E-state index in [-0.39, 0.29) is 0 Å². The first-order valence-electron chi connectivity index (χ1n) is 1.28. The third-order valence-electron chi connectivity index (χ3n) is 0.204. The molecule has 0 fully saturated rings. The Morgan fingerprint density at radius 1 is 1.20 bits per heavy atom. The van der Waals surface area contributed by atoms with Crippen LogP contribution in [0.5, 0.6) is 0 Å². The highest BCUT2D eigenvalue weighted by Crippen LogP contribution is 1.43. The van der Waals surface area contributed by atoms with Crippen molar-refractivity contribution in [2.24, 2.45) is 0 Å².